The summed E-state index contributed by atoms with van der Waals surface area (Å²) in [5, 5.41) is 8.55. The number of aromatic nitrogens is 1. The molecule has 0 amide bonds. The van der Waals surface area contributed by atoms with Gasteiger partial charge in [0.05, 0.1) is 24.1 Å². The summed E-state index contributed by atoms with van der Waals surface area (Å²) in [4.78, 5) is 14.4. The summed E-state index contributed by atoms with van der Waals surface area (Å²) < 4.78 is 29.4. The van der Waals surface area contributed by atoms with E-state index in [2.05, 4.69) is 9.72 Å². The number of nitrogens with zero attached hydrogens (tertiary/aromatic N) is 2. The molecule has 0 aliphatic rings. The predicted octanol–water partition coefficient (Wildman–Crippen LogP) is 2.26. The van der Waals surface area contributed by atoms with Gasteiger partial charge in [0.15, 0.2) is 0 Å². The van der Waals surface area contributed by atoms with Crippen LogP contribution in [0.5, 0.6) is 0 Å². The Morgan fingerprint density at radius 3 is 2.82 bits per heavy atom. The summed E-state index contributed by atoms with van der Waals surface area (Å²) in [7, 11) is 1.18. The molecule has 0 radical (unpaired) electrons. The molecule has 0 bridgehead atoms. The van der Waals surface area contributed by atoms with E-state index in [4.69, 9.17) is 16.9 Å². The minimum atomic E-state index is -2.89. The van der Waals surface area contributed by atoms with Crippen molar-refractivity contribution in [3.8, 4) is 6.07 Å². The van der Waals surface area contributed by atoms with Crippen LogP contribution >= 0.6 is 11.6 Å². The highest BCUT2D eigenvalue weighted by Crippen LogP contribution is 2.28. The number of nitriles is 1. The molecule has 0 saturated carbocycles. The average Bonchev–Trinajstić information content (AvgIpc) is 2.30. The standard InChI is InChI=1S/C10H7ClF2N2O2/c1-17-7(16)2-5-4-15-9(10(12)13)6(3-14)8(5)11/h4,10H,2H2,1H3. The number of carbonyl (C=O) groups excluding carboxylic acids is 1. The molecule has 0 aliphatic heterocycles. The number of ether oxygens (including phenoxy) is 1. The fraction of sp³-hybridized carbons (Fsp3) is 0.300. The largest absolute Gasteiger partial charge is 0.469 e. The monoisotopic (exact) mass is 260 g/mol. The molecule has 0 fully saturated rings. The lowest BCUT2D eigenvalue weighted by molar-refractivity contribution is -0.139. The number of esters is 1. The number of methoxy groups -OCH3 is 1. The Hall–Kier alpha value is -1.74. The van der Waals surface area contributed by atoms with Crippen LogP contribution in [0, 0.1) is 11.3 Å². The molecule has 0 N–H and O–H groups in total. The molecule has 0 unspecified atom stereocenters. The van der Waals surface area contributed by atoms with E-state index in [1.54, 1.807) is 6.07 Å². The first-order valence-electron chi connectivity index (χ1n) is 4.43. The molecule has 1 aromatic heterocycles. The Morgan fingerprint density at radius 2 is 2.35 bits per heavy atom. The number of hydrogen-bond acceptors (Lipinski definition) is 4. The van der Waals surface area contributed by atoms with E-state index < -0.39 is 23.7 Å². The van der Waals surface area contributed by atoms with E-state index in [0.717, 1.165) is 6.20 Å². The topological polar surface area (TPSA) is 63.0 Å². The van der Waals surface area contributed by atoms with Crippen molar-refractivity contribution in [2.45, 2.75) is 12.8 Å². The molecule has 1 aromatic rings. The summed E-state index contributed by atoms with van der Waals surface area (Å²) in [6, 6.07) is 1.55. The van der Waals surface area contributed by atoms with Gasteiger partial charge in [-0.25, -0.2) is 8.78 Å². The summed E-state index contributed by atoms with van der Waals surface area (Å²) in [5.74, 6) is -0.595. The van der Waals surface area contributed by atoms with Crippen molar-refractivity contribution in [2.75, 3.05) is 7.11 Å². The second-order valence-corrected chi connectivity index (χ2v) is 3.40. The minimum Gasteiger partial charge on any atom is -0.469 e. The second kappa shape index (κ2) is 5.55. The third kappa shape index (κ3) is 2.88. The van der Waals surface area contributed by atoms with Crippen LogP contribution in [0.2, 0.25) is 5.02 Å². The fourth-order valence-electron chi connectivity index (χ4n) is 1.16. The summed E-state index contributed by atoms with van der Waals surface area (Å²) in [5.41, 5.74) is -0.923. The van der Waals surface area contributed by atoms with Crippen molar-refractivity contribution in [3.63, 3.8) is 0 Å². The van der Waals surface area contributed by atoms with Crippen molar-refractivity contribution in [1.29, 1.82) is 5.26 Å². The molecule has 1 heterocycles. The molecule has 0 aliphatic carbocycles. The average molecular weight is 261 g/mol. The van der Waals surface area contributed by atoms with E-state index in [0.29, 0.717) is 0 Å². The number of alkyl halides is 2. The molecule has 0 saturated heterocycles. The minimum absolute atomic E-state index is 0.180. The Kier molecular flexibility index (Phi) is 4.35. The quantitative estimate of drug-likeness (QED) is 0.782. The van der Waals surface area contributed by atoms with Crippen LogP contribution in [-0.2, 0) is 16.0 Å². The smallest absolute Gasteiger partial charge is 0.310 e. The third-order valence-corrected chi connectivity index (χ3v) is 2.43. The van der Waals surface area contributed by atoms with Crippen molar-refractivity contribution in [2.24, 2.45) is 0 Å². The summed E-state index contributed by atoms with van der Waals surface area (Å²) in [6.07, 6.45) is -2.07. The van der Waals surface area contributed by atoms with Gasteiger partial charge in [0.1, 0.15) is 11.8 Å². The van der Waals surface area contributed by atoms with Crippen LogP contribution in [0.3, 0.4) is 0 Å². The second-order valence-electron chi connectivity index (χ2n) is 3.02. The zero-order valence-corrected chi connectivity index (χ0v) is 9.46. The van der Waals surface area contributed by atoms with Gasteiger partial charge in [-0.05, 0) is 0 Å². The number of carbonyl (C=O) groups is 1. The first-order chi connectivity index (χ1) is 8.01. The third-order valence-electron chi connectivity index (χ3n) is 2.00. The molecule has 7 heteroatoms. The molecule has 0 spiro atoms. The first kappa shape index (κ1) is 13.3. The maximum Gasteiger partial charge on any atom is 0.310 e. The Balaban J connectivity index is 3.21. The van der Waals surface area contributed by atoms with Crippen LogP contribution < -0.4 is 0 Å². The lowest BCUT2D eigenvalue weighted by Crippen LogP contribution is -2.07. The van der Waals surface area contributed by atoms with E-state index in [1.807, 2.05) is 0 Å². The van der Waals surface area contributed by atoms with Crippen molar-refractivity contribution < 1.29 is 18.3 Å². The number of pyridine rings is 1. The lowest BCUT2D eigenvalue weighted by atomic mass is 10.1. The van der Waals surface area contributed by atoms with E-state index in [1.165, 1.54) is 7.11 Å². The molecule has 17 heavy (non-hydrogen) atoms. The van der Waals surface area contributed by atoms with Gasteiger partial charge < -0.3 is 4.74 Å². The van der Waals surface area contributed by atoms with Gasteiger partial charge in [-0.2, -0.15) is 5.26 Å². The van der Waals surface area contributed by atoms with Crippen LogP contribution in [0.25, 0.3) is 0 Å². The van der Waals surface area contributed by atoms with Gasteiger partial charge in [-0.3, -0.25) is 9.78 Å². The molecule has 0 atom stereocenters. The van der Waals surface area contributed by atoms with Gasteiger partial charge in [0.2, 0.25) is 0 Å². The van der Waals surface area contributed by atoms with Crippen LogP contribution in [0.15, 0.2) is 6.20 Å². The predicted molar refractivity (Wildman–Crippen MR) is 54.6 cm³/mol. The maximum atomic E-state index is 12.5. The van der Waals surface area contributed by atoms with Gasteiger partial charge in [0, 0.05) is 11.8 Å². The molecule has 0 aromatic carbocycles. The maximum absolute atomic E-state index is 12.5. The van der Waals surface area contributed by atoms with Crippen LogP contribution in [0.4, 0.5) is 8.78 Å². The highest BCUT2D eigenvalue weighted by molar-refractivity contribution is 6.32. The summed E-state index contributed by atoms with van der Waals surface area (Å²) >= 11 is 5.76. The fourth-order valence-corrected chi connectivity index (χ4v) is 1.42. The van der Waals surface area contributed by atoms with Gasteiger partial charge in [0.25, 0.3) is 6.43 Å². The molecule has 1 rings (SSSR count). The number of hydrogen-bond donors (Lipinski definition) is 0. The van der Waals surface area contributed by atoms with Gasteiger partial charge in [-0.15, -0.1) is 0 Å². The van der Waals surface area contributed by atoms with Crippen molar-refractivity contribution >= 4 is 17.6 Å². The first-order valence-corrected chi connectivity index (χ1v) is 4.81. The molecular weight excluding hydrogens is 254 g/mol. The molecule has 90 valence electrons. The summed E-state index contributed by atoms with van der Waals surface area (Å²) in [6.45, 7) is 0. The Labute approximate surface area is 101 Å². The van der Waals surface area contributed by atoms with Crippen LogP contribution in [0.1, 0.15) is 23.2 Å². The number of halogens is 3. The highest BCUT2D eigenvalue weighted by atomic mass is 35.5. The van der Waals surface area contributed by atoms with E-state index in [-0.39, 0.29) is 17.0 Å². The number of rotatable bonds is 3. The van der Waals surface area contributed by atoms with Gasteiger partial charge >= 0.3 is 5.97 Å². The highest BCUT2D eigenvalue weighted by Gasteiger charge is 2.21. The lowest BCUT2D eigenvalue weighted by Gasteiger charge is -2.07. The Bertz CT molecular complexity index is 486. The Morgan fingerprint density at radius 1 is 1.71 bits per heavy atom. The zero-order valence-electron chi connectivity index (χ0n) is 8.71. The normalized spacial score (nSPS) is 10.1. The van der Waals surface area contributed by atoms with E-state index >= 15 is 0 Å². The van der Waals surface area contributed by atoms with Crippen molar-refractivity contribution in [1.82, 2.24) is 4.98 Å². The van der Waals surface area contributed by atoms with Crippen molar-refractivity contribution in [3.05, 3.63) is 28.0 Å². The van der Waals surface area contributed by atoms with Gasteiger partial charge in [-0.1, -0.05) is 11.6 Å². The molecule has 4 nitrogen and oxygen atoms in total. The van der Waals surface area contributed by atoms with Crippen LogP contribution in [-0.4, -0.2) is 18.1 Å². The molecular formula is C10H7ClF2N2O2. The van der Waals surface area contributed by atoms with E-state index in [9.17, 15) is 13.6 Å². The SMILES string of the molecule is COC(=O)Cc1cnc(C(F)F)c(C#N)c1Cl. The zero-order chi connectivity index (χ0) is 13.0.